The minimum Gasteiger partial charge on any atom is -0.346 e. The van der Waals surface area contributed by atoms with Crippen LogP contribution >= 0.6 is 0 Å². The fourth-order valence-electron chi connectivity index (χ4n) is 3.87. The van der Waals surface area contributed by atoms with Crippen LogP contribution in [-0.2, 0) is 6.54 Å². The van der Waals surface area contributed by atoms with E-state index in [1.165, 1.54) is 16.5 Å². The van der Waals surface area contributed by atoms with Crippen molar-refractivity contribution < 1.29 is 0 Å². The van der Waals surface area contributed by atoms with E-state index >= 15 is 0 Å². The van der Waals surface area contributed by atoms with Gasteiger partial charge in [0.2, 0.25) is 0 Å². The molecule has 1 aromatic carbocycles. The van der Waals surface area contributed by atoms with Crippen molar-refractivity contribution >= 4 is 27.5 Å². The molecule has 1 aliphatic rings. The van der Waals surface area contributed by atoms with Crippen LogP contribution in [0.2, 0.25) is 0 Å². The number of para-hydroxylation sites is 1. The normalized spacial score (nSPS) is 15.3. The van der Waals surface area contributed by atoms with E-state index in [0.29, 0.717) is 6.54 Å². The Bertz CT molecular complexity index is 1220. The van der Waals surface area contributed by atoms with Gasteiger partial charge in [0.1, 0.15) is 5.65 Å². The van der Waals surface area contributed by atoms with Gasteiger partial charge in [0.25, 0.3) is 5.56 Å². The van der Waals surface area contributed by atoms with Gasteiger partial charge in [-0.2, -0.15) is 0 Å². The molecule has 5 heteroatoms. The number of benzene rings is 1. The van der Waals surface area contributed by atoms with Crippen LogP contribution < -0.4 is 5.56 Å². The molecular weight excluding hydrogens is 336 g/mol. The predicted octanol–water partition coefficient (Wildman–Crippen LogP) is 3.69. The van der Waals surface area contributed by atoms with E-state index in [-0.39, 0.29) is 5.56 Å². The molecule has 27 heavy (non-hydrogen) atoms. The first-order chi connectivity index (χ1) is 13.3. The molecule has 0 unspecified atom stereocenters. The van der Waals surface area contributed by atoms with Crippen LogP contribution in [0.1, 0.15) is 17.5 Å². The molecule has 0 radical (unpaired) electrons. The van der Waals surface area contributed by atoms with Crippen molar-refractivity contribution in [2.24, 2.45) is 0 Å². The molecule has 0 saturated carbocycles. The Morgan fingerprint density at radius 2 is 2.07 bits per heavy atom. The second-order valence-corrected chi connectivity index (χ2v) is 7.03. The van der Waals surface area contributed by atoms with Crippen molar-refractivity contribution in [2.75, 3.05) is 13.1 Å². The summed E-state index contributed by atoms with van der Waals surface area (Å²) >= 11 is 0. The van der Waals surface area contributed by atoms with E-state index in [0.717, 1.165) is 41.6 Å². The Hall–Kier alpha value is -3.18. The molecule has 5 nitrogen and oxygen atoms in total. The fourth-order valence-corrected chi connectivity index (χ4v) is 3.87. The molecule has 0 amide bonds. The van der Waals surface area contributed by atoms with Gasteiger partial charge in [0.15, 0.2) is 0 Å². The number of nitrogens with one attached hydrogen (secondary N) is 2. The molecule has 0 fully saturated rings. The minimum atomic E-state index is 0.00572. The van der Waals surface area contributed by atoms with E-state index in [9.17, 15) is 4.79 Å². The summed E-state index contributed by atoms with van der Waals surface area (Å²) in [5, 5.41) is 2.25. The van der Waals surface area contributed by atoms with Gasteiger partial charge >= 0.3 is 0 Å². The zero-order valence-corrected chi connectivity index (χ0v) is 14.9. The quantitative estimate of drug-likeness (QED) is 0.588. The summed E-state index contributed by atoms with van der Waals surface area (Å²) in [4.78, 5) is 25.3. The van der Waals surface area contributed by atoms with Crippen LogP contribution in [-0.4, -0.2) is 32.9 Å². The van der Waals surface area contributed by atoms with Crippen LogP contribution in [0.3, 0.4) is 0 Å². The molecule has 4 heterocycles. The molecule has 3 aromatic heterocycles. The first-order valence-electron chi connectivity index (χ1n) is 9.23. The van der Waals surface area contributed by atoms with E-state index in [2.05, 4.69) is 32.0 Å². The average Bonchev–Trinajstić information content (AvgIpc) is 3.13. The molecule has 134 valence electrons. The van der Waals surface area contributed by atoms with Crippen LogP contribution in [0.4, 0.5) is 0 Å². The summed E-state index contributed by atoms with van der Waals surface area (Å²) in [6.45, 7) is 2.44. The topological polar surface area (TPSA) is 64.8 Å². The number of fused-ring (bicyclic) bond motifs is 2. The summed E-state index contributed by atoms with van der Waals surface area (Å²) in [6.07, 6.45) is 7.09. The van der Waals surface area contributed by atoms with Crippen LogP contribution in [0.5, 0.6) is 0 Å². The van der Waals surface area contributed by atoms with Crippen molar-refractivity contribution in [3.05, 3.63) is 82.4 Å². The lowest BCUT2D eigenvalue weighted by Gasteiger charge is -2.26. The van der Waals surface area contributed by atoms with Gasteiger partial charge in [-0.1, -0.05) is 24.3 Å². The van der Waals surface area contributed by atoms with E-state index in [1.807, 2.05) is 42.6 Å². The van der Waals surface area contributed by atoms with Gasteiger partial charge in [0, 0.05) is 54.1 Å². The summed E-state index contributed by atoms with van der Waals surface area (Å²) < 4.78 is 0. The molecule has 1 aliphatic heterocycles. The maximum atomic E-state index is 12.4. The third-order valence-electron chi connectivity index (χ3n) is 5.31. The first kappa shape index (κ1) is 16.0. The molecule has 5 rings (SSSR count). The monoisotopic (exact) mass is 356 g/mol. The van der Waals surface area contributed by atoms with Gasteiger partial charge in [-0.05, 0) is 41.6 Å². The number of aromatic amines is 2. The lowest BCUT2D eigenvalue weighted by Crippen LogP contribution is -2.30. The van der Waals surface area contributed by atoms with Gasteiger partial charge in [-0.15, -0.1) is 0 Å². The van der Waals surface area contributed by atoms with Crippen LogP contribution in [0, 0.1) is 0 Å². The van der Waals surface area contributed by atoms with E-state index < -0.39 is 0 Å². The van der Waals surface area contributed by atoms with Crippen LogP contribution in [0.15, 0.2) is 65.7 Å². The Morgan fingerprint density at radius 1 is 1.15 bits per heavy atom. The molecule has 0 spiro atoms. The van der Waals surface area contributed by atoms with E-state index in [4.69, 9.17) is 0 Å². The van der Waals surface area contributed by atoms with Crippen molar-refractivity contribution in [3.8, 4) is 0 Å². The average molecular weight is 356 g/mol. The fraction of sp³-hybridized carbons (Fsp3) is 0.182. The van der Waals surface area contributed by atoms with Crippen molar-refractivity contribution in [3.63, 3.8) is 0 Å². The highest BCUT2D eigenvalue weighted by Crippen LogP contribution is 2.28. The third kappa shape index (κ3) is 2.96. The molecule has 0 atom stereocenters. The van der Waals surface area contributed by atoms with Crippen molar-refractivity contribution in [2.45, 2.75) is 13.0 Å². The van der Waals surface area contributed by atoms with Crippen molar-refractivity contribution in [1.29, 1.82) is 0 Å². The number of aromatic nitrogens is 3. The maximum absolute atomic E-state index is 12.4. The summed E-state index contributed by atoms with van der Waals surface area (Å²) in [7, 11) is 0. The van der Waals surface area contributed by atoms with Crippen LogP contribution in [0.25, 0.3) is 27.5 Å². The maximum Gasteiger partial charge on any atom is 0.252 e. The highest BCUT2D eigenvalue weighted by molar-refractivity contribution is 5.90. The molecular formula is C22H20N4O. The van der Waals surface area contributed by atoms with Crippen molar-refractivity contribution in [1.82, 2.24) is 19.9 Å². The Balaban J connectivity index is 1.37. The Morgan fingerprint density at radius 3 is 2.96 bits per heavy atom. The minimum absolute atomic E-state index is 0.00572. The Kier molecular flexibility index (Phi) is 3.87. The third-order valence-corrected chi connectivity index (χ3v) is 5.31. The molecule has 4 aromatic rings. The zero-order chi connectivity index (χ0) is 18.2. The van der Waals surface area contributed by atoms with Gasteiger partial charge in [-0.3, -0.25) is 9.69 Å². The summed E-state index contributed by atoms with van der Waals surface area (Å²) in [6, 6.07) is 14.0. The lowest BCUT2D eigenvalue weighted by molar-refractivity contribution is 0.293. The molecule has 0 bridgehead atoms. The lowest BCUT2D eigenvalue weighted by atomic mass is 9.99. The number of hydrogen-bond acceptors (Lipinski definition) is 3. The predicted molar refractivity (Wildman–Crippen MR) is 109 cm³/mol. The second kappa shape index (κ2) is 6.52. The summed E-state index contributed by atoms with van der Waals surface area (Å²) in [5.41, 5.74) is 5.23. The number of H-pyrrole nitrogens is 2. The second-order valence-electron chi connectivity index (χ2n) is 7.03. The number of nitrogens with zero attached hydrogens (tertiary/aromatic N) is 2. The smallest absolute Gasteiger partial charge is 0.252 e. The summed E-state index contributed by atoms with van der Waals surface area (Å²) in [5.74, 6) is 0. The van der Waals surface area contributed by atoms with Gasteiger partial charge in [0.05, 0.1) is 0 Å². The largest absolute Gasteiger partial charge is 0.346 e. The highest BCUT2D eigenvalue weighted by Gasteiger charge is 2.17. The van der Waals surface area contributed by atoms with Gasteiger partial charge in [-0.25, -0.2) is 4.98 Å². The number of hydrogen-bond donors (Lipinski definition) is 2. The highest BCUT2D eigenvalue weighted by atomic mass is 16.1. The first-order valence-corrected chi connectivity index (χ1v) is 9.23. The molecule has 2 N–H and O–H groups in total. The number of pyridine rings is 2. The van der Waals surface area contributed by atoms with Gasteiger partial charge < -0.3 is 9.97 Å². The molecule has 0 saturated heterocycles. The molecule has 0 aliphatic carbocycles. The standard InChI is InChI=1S/C22H20N4O/c27-22-17(12-16-4-1-2-6-20(16)25-22)14-26-10-7-15(8-11-26)19-13-24-21-18(19)5-3-9-23-21/h1-7,9,12-13H,8,10-11,14H2,(H,23,24)(H,25,27). The van der Waals surface area contributed by atoms with E-state index in [1.54, 1.807) is 6.20 Å². The zero-order valence-electron chi connectivity index (χ0n) is 14.9. The Labute approximate surface area is 156 Å². The SMILES string of the molecule is O=c1[nH]c2ccccc2cc1CN1CC=C(c2c[nH]c3ncccc23)CC1. The number of rotatable bonds is 3.